The number of halogens is 2. The number of hydrogen-bond donors (Lipinski definition) is 1. The summed E-state index contributed by atoms with van der Waals surface area (Å²) in [6.07, 6.45) is 1.26. The van der Waals surface area contributed by atoms with Gasteiger partial charge in [-0.1, -0.05) is 33.6 Å². The van der Waals surface area contributed by atoms with Crippen LogP contribution in [0.5, 0.6) is 11.6 Å². The largest absolute Gasteiger partial charge is 0.478 e. The average molecular weight is 343 g/mol. The Kier molecular flexibility index (Phi) is 4.07. The van der Waals surface area contributed by atoms with Crippen molar-refractivity contribution in [3.63, 3.8) is 0 Å². The molecular weight excluding hydrogens is 334 g/mol. The topological polar surface area (TPSA) is 59.4 Å². The number of ether oxygens (including phenoxy) is 1. The first-order valence-corrected chi connectivity index (χ1v) is 6.47. The number of carboxylic acids is 1. The second-order valence-electron chi connectivity index (χ2n) is 3.82. The van der Waals surface area contributed by atoms with Crippen molar-refractivity contribution in [1.82, 2.24) is 4.98 Å². The van der Waals surface area contributed by atoms with Gasteiger partial charge in [0, 0.05) is 10.5 Å². The van der Waals surface area contributed by atoms with Crippen molar-refractivity contribution in [2.45, 2.75) is 6.92 Å². The van der Waals surface area contributed by atoms with Gasteiger partial charge >= 0.3 is 5.97 Å². The molecule has 0 saturated heterocycles. The summed E-state index contributed by atoms with van der Waals surface area (Å²) in [5, 5.41) is 9.05. The minimum Gasteiger partial charge on any atom is -0.478 e. The van der Waals surface area contributed by atoms with Gasteiger partial charge in [-0.25, -0.2) is 9.78 Å². The maximum atomic E-state index is 11.0. The normalized spacial score (nSPS) is 10.3. The number of aryl methyl sites for hydroxylation is 1. The summed E-state index contributed by atoms with van der Waals surface area (Å²) in [6.45, 7) is 1.88. The molecule has 0 unspecified atom stereocenters. The smallest absolute Gasteiger partial charge is 0.337 e. The van der Waals surface area contributed by atoms with Crippen LogP contribution in [0.4, 0.5) is 0 Å². The van der Waals surface area contributed by atoms with E-state index in [1.807, 2.05) is 19.1 Å². The molecule has 4 nitrogen and oxygen atoms in total. The number of pyridine rings is 1. The minimum absolute atomic E-state index is 0.0423. The molecule has 1 heterocycles. The quantitative estimate of drug-likeness (QED) is 0.903. The predicted octanol–water partition coefficient (Wildman–Crippen LogP) is 4.30. The molecule has 0 amide bonds. The third-order valence-electron chi connectivity index (χ3n) is 2.43. The van der Waals surface area contributed by atoms with Gasteiger partial charge in [-0.2, -0.15) is 0 Å². The molecule has 1 N–H and O–H groups in total. The molecule has 19 heavy (non-hydrogen) atoms. The summed E-state index contributed by atoms with van der Waals surface area (Å²) < 4.78 is 6.43. The highest BCUT2D eigenvalue weighted by molar-refractivity contribution is 9.10. The highest BCUT2D eigenvalue weighted by Gasteiger charge is 2.12. The maximum Gasteiger partial charge on any atom is 0.337 e. The van der Waals surface area contributed by atoms with Gasteiger partial charge in [0.05, 0.1) is 16.8 Å². The Bertz CT molecular complexity index is 646. The van der Waals surface area contributed by atoms with Crippen molar-refractivity contribution in [2.24, 2.45) is 0 Å². The van der Waals surface area contributed by atoms with Crippen LogP contribution in [0.3, 0.4) is 0 Å². The SMILES string of the molecule is Cc1ccc(Br)cc1Oc1cc(C(=O)O)c(Cl)cn1. The van der Waals surface area contributed by atoms with E-state index in [2.05, 4.69) is 20.9 Å². The third-order valence-corrected chi connectivity index (χ3v) is 3.22. The highest BCUT2D eigenvalue weighted by Crippen LogP contribution is 2.28. The van der Waals surface area contributed by atoms with E-state index in [9.17, 15) is 4.79 Å². The zero-order chi connectivity index (χ0) is 14.0. The van der Waals surface area contributed by atoms with Crippen molar-refractivity contribution in [3.8, 4) is 11.6 Å². The lowest BCUT2D eigenvalue weighted by molar-refractivity contribution is 0.0696. The molecule has 0 atom stereocenters. The highest BCUT2D eigenvalue weighted by atomic mass is 79.9. The second kappa shape index (κ2) is 5.59. The van der Waals surface area contributed by atoms with Crippen molar-refractivity contribution in [3.05, 3.63) is 51.1 Å². The molecule has 0 radical (unpaired) electrons. The summed E-state index contributed by atoms with van der Waals surface area (Å²) in [6, 6.07) is 6.85. The zero-order valence-corrected chi connectivity index (χ0v) is 12.2. The molecular formula is C13H9BrClNO3. The molecule has 1 aromatic heterocycles. The van der Waals surface area contributed by atoms with Gasteiger partial charge in [-0.05, 0) is 24.6 Å². The fourth-order valence-corrected chi connectivity index (χ4v) is 1.96. The molecule has 0 bridgehead atoms. The van der Waals surface area contributed by atoms with E-state index in [4.69, 9.17) is 21.4 Å². The summed E-state index contributed by atoms with van der Waals surface area (Å²) in [7, 11) is 0. The number of rotatable bonds is 3. The van der Waals surface area contributed by atoms with Gasteiger partial charge in [-0.3, -0.25) is 0 Å². The fourth-order valence-electron chi connectivity index (χ4n) is 1.44. The molecule has 0 aliphatic rings. The van der Waals surface area contributed by atoms with E-state index in [1.165, 1.54) is 12.3 Å². The Morgan fingerprint density at radius 2 is 2.16 bits per heavy atom. The number of carbonyl (C=O) groups is 1. The fraction of sp³-hybridized carbons (Fsp3) is 0.0769. The molecule has 98 valence electrons. The van der Waals surface area contributed by atoms with Crippen molar-refractivity contribution >= 4 is 33.5 Å². The lowest BCUT2D eigenvalue weighted by Crippen LogP contribution is -1.99. The summed E-state index contributed by atoms with van der Waals surface area (Å²) in [5.41, 5.74) is 0.871. The van der Waals surface area contributed by atoms with Gasteiger partial charge in [0.25, 0.3) is 0 Å². The first kappa shape index (κ1) is 13.8. The lowest BCUT2D eigenvalue weighted by Gasteiger charge is -2.09. The van der Waals surface area contributed by atoms with Crippen LogP contribution in [-0.4, -0.2) is 16.1 Å². The van der Waals surface area contributed by atoms with Crippen LogP contribution in [-0.2, 0) is 0 Å². The summed E-state index contributed by atoms with van der Waals surface area (Å²) >= 11 is 9.09. The van der Waals surface area contributed by atoms with E-state index < -0.39 is 5.97 Å². The molecule has 0 fully saturated rings. The average Bonchev–Trinajstić information content (AvgIpc) is 2.36. The Hall–Kier alpha value is -1.59. The summed E-state index contributed by atoms with van der Waals surface area (Å²) in [5.74, 6) is -0.341. The Balaban J connectivity index is 2.36. The number of aromatic carboxylic acids is 1. The molecule has 6 heteroatoms. The van der Waals surface area contributed by atoms with Crippen molar-refractivity contribution < 1.29 is 14.6 Å². The predicted molar refractivity (Wildman–Crippen MR) is 75.2 cm³/mol. The number of carboxylic acid groups (broad SMARTS) is 1. The van der Waals surface area contributed by atoms with Crippen LogP contribution in [0, 0.1) is 6.92 Å². The van der Waals surface area contributed by atoms with E-state index >= 15 is 0 Å². The number of nitrogens with zero attached hydrogens (tertiary/aromatic N) is 1. The van der Waals surface area contributed by atoms with Crippen LogP contribution in [0.15, 0.2) is 34.9 Å². The molecule has 0 spiro atoms. The van der Waals surface area contributed by atoms with Gasteiger partial charge in [0.1, 0.15) is 5.75 Å². The Labute approximate surface area is 123 Å². The number of hydrogen-bond acceptors (Lipinski definition) is 3. The summed E-state index contributed by atoms with van der Waals surface area (Å²) in [4.78, 5) is 14.9. The molecule has 0 aliphatic heterocycles. The van der Waals surface area contributed by atoms with Crippen LogP contribution in [0.1, 0.15) is 15.9 Å². The van der Waals surface area contributed by atoms with Crippen LogP contribution in [0.25, 0.3) is 0 Å². The minimum atomic E-state index is -1.12. The van der Waals surface area contributed by atoms with E-state index in [0.717, 1.165) is 10.0 Å². The zero-order valence-electron chi connectivity index (χ0n) is 9.85. The van der Waals surface area contributed by atoms with E-state index in [1.54, 1.807) is 6.07 Å². The number of benzene rings is 1. The third kappa shape index (κ3) is 3.24. The monoisotopic (exact) mass is 341 g/mol. The van der Waals surface area contributed by atoms with Crippen molar-refractivity contribution in [2.75, 3.05) is 0 Å². The second-order valence-corrected chi connectivity index (χ2v) is 5.14. The van der Waals surface area contributed by atoms with E-state index in [-0.39, 0.29) is 16.5 Å². The lowest BCUT2D eigenvalue weighted by atomic mass is 10.2. The first-order chi connectivity index (χ1) is 8.97. The van der Waals surface area contributed by atoms with Crippen LogP contribution >= 0.6 is 27.5 Å². The number of aromatic nitrogens is 1. The molecule has 2 rings (SSSR count). The van der Waals surface area contributed by atoms with Crippen LogP contribution < -0.4 is 4.74 Å². The molecule has 0 saturated carbocycles. The Morgan fingerprint density at radius 3 is 2.84 bits per heavy atom. The van der Waals surface area contributed by atoms with Crippen molar-refractivity contribution in [1.29, 1.82) is 0 Å². The maximum absolute atomic E-state index is 11.0. The van der Waals surface area contributed by atoms with E-state index in [0.29, 0.717) is 5.75 Å². The van der Waals surface area contributed by atoms with Gasteiger partial charge in [0.2, 0.25) is 5.88 Å². The molecule has 0 aliphatic carbocycles. The first-order valence-electron chi connectivity index (χ1n) is 5.30. The standard InChI is InChI=1S/C13H9BrClNO3/c1-7-2-3-8(14)4-11(7)19-12-5-9(13(17)18)10(15)6-16-12/h2-6H,1H3,(H,17,18). The molecule has 1 aromatic carbocycles. The van der Waals surface area contributed by atoms with Gasteiger partial charge in [-0.15, -0.1) is 0 Å². The van der Waals surface area contributed by atoms with Gasteiger partial charge in [0.15, 0.2) is 0 Å². The Morgan fingerprint density at radius 1 is 1.42 bits per heavy atom. The van der Waals surface area contributed by atoms with Crippen LogP contribution in [0.2, 0.25) is 5.02 Å². The van der Waals surface area contributed by atoms with Gasteiger partial charge < -0.3 is 9.84 Å². The molecule has 2 aromatic rings.